The summed E-state index contributed by atoms with van der Waals surface area (Å²) in [6, 6.07) is 5.49. The maximum Gasteiger partial charge on any atom is 0.410 e. The molecular formula is C22H28N8O3. The van der Waals surface area contributed by atoms with E-state index >= 15 is 0 Å². The van der Waals surface area contributed by atoms with Gasteiger partial charge in [-0.05, 0) is 52.8 Å². The number of pyridine rings is 1. The number of piperazine rings is 1. The Morgan fingerprint density at radius 1 is 1.06 bits per heavy atom. The van der Waals surface area contributed by atoms with Crippen LogP contribution in [0.1, 0.15) is 42.8 Å². The van der Waals surface area contributed by atoms with Gasteiger partial charge in [-0.15, -0.1) is 5.10 Å². The van der Waals surface area contributed by atoms with Crippen LogP contribution in [0.15, 0.2) is 24.4 Å². The number of amides is 2. The second-order valence-corrected chi connectivity index (χ2v) is 9.00. The van der Waals surface area contributed by atoms with Gasteiger partial charge in [-0.25, -0.2) is 19.3 Å². The minimum absolute atomic E-state index is 0.0281. The first-order chi connectivity index (χ1) is 15.6. The maximum atomic E-state index is 12.6. The summed E-state index contributed by atoms with van der Waals surface area (Å²) in [7, 11) is 0. The van der Waals surface area contributed by atoms with Crippen molar-refractivity contribution >= 4 is 29.3 Å². The van der Waals surface area contributed by atoms with Gasteiger partial charge in [0.05, 0.1) is 11.9 Å². The standard InChI is InChI=1S/C22H28N8O3/c1-14-12-15(2)30-20(24-14)26-18(27-30)19(31)25-17-7-6-16(13-23-17)28-8-10-29(11-9-28)21(32)33-22(3,4)5/h6-7,12-13H,8-11H2,1-5H3,(H,23,25,31). The monoisotopic (exact) mass is 452 g/mol. The quantitative estimate of drug-likeness (QED) is 0.644. The zero-order valence-electron chi connectivity index (χ0n) is 19.5. The van der Waals surface area contributed by atoms with Crippen LogP contribution in [0.2, 0.25) is 0 Å². The van der Waals surface area contributed by atoms with E-state index in [1.54, 1.807) is 17.2 Å². The van der Waals surface area contributed by atoms with E-state index < -0.39 is 11.5 Å². The molecule has 1 aliphatic heterocycles. The molecule has 2 amide bonds. The lowest BCUT2D eigenvalue weighted by Crippen LogP contribution is -2.50. The van der Waals surface area contributed by atoms with Gasteiger partial charge >= 0.3 is 6.09 Å². The normalized spacial score (nSPS) is 14.5. The Bertz CT molecular complexity index is 1170. The van der Waals surface area contributed by atoms with Crippen LogP contribution in [0.5, 0.6) is 0 Å². The fraction of sp³-hybridized carbons (Fsp3) is 0.455. The van der Waals surface area contributed by atoms with Crippen LogP contribution in [0.25, 0.3) is 5.78 Å². The van der Waals surface area contributed by atoms with E-state index in [2.05, 4.69) is 30.3 Å². The Morgan fingerprint density at radius 2 is 1.79 bits per heavy atom. The molecule has 1 aliphatic rings. The van der Waals surface area contributed by atoms with Crippen LogP contribution in [0.3, 0.4) is 0 Å². The van der Waals surface area contributed by atoms with Crippen molar-refractivity contribution in [1.82, 2.24) is 29.5 Å². The first-order valence-corrected chi connectivity index (χ1v) is 10.8. The third-order valence-corrected chi connectivity index (χ3v) is 5.11. The lowest BCUT2D eigenvalue weighted by Gasteiger charge is -2.36. The van der Waals surface area contributed by atoms with Crippen LogP contribution in [-0.2, 0) is 4.74 Å². The van der Waals surface area contributed by atoms with Crippen molar-refractivity contribution in [2.45, 2.75) is 40.2 Å². The van der Waals surface area contributed by atoms with E-state index in [0.717, 1.165) is 17.1 Å². The summed E-state index contributed by atoms with van der Waals surface area (Å²) in [6.45, 7) is 11.8. The molecule has 1 fully saturated rings. The number of ether oxygens (including phenoxy) is 1. The summed E-state index contributed by atoms with van der Waals surface area (Å²) in [5.41, 5.74) is 2.06. The Balaban J connectivity index is 1.36. The van der Waals surface area contributed by atoms with Crippen molar-refractivity contribution in [1.29, 1.82) is 0 Å². The minimum Gasteiger partial charge on any atom is -0.444 e. The number of carbonyl (C=O) groups is 2. The lowest BCUT2D eigenvalue weighted by molar-refractivity contribution is 0.0240. The summed E-state index contributed by atoms with van der Waals surface area (Å²) >= 11 is 0. The Morgan fingerprint density at radius 3 is 2.42 bits per heavy atom. The maximum absolute atomic E-state index is 12.6. The Labute approximate surface area is 191 Å². The van der Waals surface area contributed by atoms with Gasteiger partial charge in [0.15, 0.2) is 0 Å². The molecule has 4 rings (SSSR count). The third-order valence-electron chi connectivity index (χ3n) is 5.11. The summed E-state index contributed by atoms with van der Waals surface area (Å²) in [4.78, 5) is 41.5. The number of aryl methyl sites for hydroxylation is 2. The zero-order chi connectivity index (χ0) is 23.8. The first kappa shape index (κ1) is 22.4. The predicted molar refractivity (Wildman–Crippen MR) is 122 cm³/mol. The fourth-order valence-electron chi connectivity index (χ4n) is 3.56. The number of nitrogens with one attached hydrogen (secondary N) is 1. The van der Waals surface area contributed by atoms with Gasteiger partial charge in [0.25, 0.3) is 11.7 Å². The number of hydrogen-bond acceptors (Lipinski definition) is 8. The molecule has 3 aromatic heterocycles. The minimum atomic E-state index is -0.508. The van der Waals surface area contributed by atoms with E-state index in [1.807, 2.05) is 46.8 Å². The van der Waals surface area contributed by atoms with Gasteiger partial charge in [0, 0.05) is 37.6 Å². The summed E-state index contributed by atoms with van der Waals surface area (Å²) < 4.78 is 6.98. The molecule has 0 aromatic carbocycles. The highest BCUT2D eigenvalue weighted by Gasteiger charge is 2.26. The van der Waals surface area contributed by atoms with Gasteiger partial charge in [-0.1, -0.05) is 0 Å². The van der Waals surface area contributed by atoms with Gasteiger partial charge in [0.2, 0.25) is 5.82 Å². The Hall–Kier alpha value is -3.76. The van der Waals surface area contributed by atoms with Crippen molar-refractivity contribution in [3.05, 3.63) is 41.6 Å². The second-order valence-electron chi connectivity index (χ2n) is 9.00. The summed E-state index contributed by atoms with van der Waals surface area (Å²) in [5.74, 6) is 0.353. The van der Waals surface area contributed by atoms with Crippen molar-refractivity contribution in [2.24, 2.45) is 0 Å². The molecule has 0 aliphatic carbocycles. The first-order valence-electron chi connectivity index (χ1n) is 10.8. The molecule has 33 heavy (non-hydrogen) atoms. The topological polar surface area (TPSA) is 118 Å². The van der Waals surface area contributed by atoms with Crippen LogP contribution < -0.4 is 10.2 Å². The van der Waals surface area contributed by atoms with E-state index in [-0.39, 0.29) is 11.9 Å². The molecule has 3 aromatic rings. The number of nitrogens with zero attached hydrogens (tertiary/aromatic N) is 7. The Kier molecular flexibility index (Phi) is 5.88. The molecule has 0 radical (unpaired) electrons. The highest BCUT2D eigenvalue weighted by molar-refractivity contribution is 6.01. The molecule has 1 N–H and O–H groups in total. The van der Waals surface area contributed by atoms with E-state index in [1.165, 1.54) is 4.52 Å². The molecule has 0 unspecified atom stereocenters. The lowest BCUT2D eigenvalue weighted by atomic mass is 10.2. The molecule has 1 saturated heterocycles. The highest BCUT2D eigenvalue weighted by Crippen LogP contribution is 2.19. The molecular weight excluding hydrogens is 424 g/mol. The average Bonchev–Trinajstić information content (AvgIpc) is 3.18. The molecule has 0 saturated carbocycles. The molecule has 11 heteroatoms. The van der Waals surface area contributed by atoms with Gasteiger partial charge in [-0.3, -0.25) is 4.79 Å². The number of anilines is 2. The average molecular weight is 453 g/mol. The molecule has 174 valence electrons. The smallest absolute Gasteiger partial charge is 0.410 e. The van der Waals surface area contributed by atoms with Crippen LogP contribution in [0, 0.1) is 13.8 Å². The SMILES string of the molecule is Cc1cc(C)n2nc(C(=O)Nc3ccc(N4CCN(C(=O)OC(C)(C)C)CC4)cn3)nc2n1. The molecule has 11 nitrogen and oxygen atoms in total. The largest absolute Gasteiger partial charge is 0.444 e. The summed E-state index contributed by atoms with van der Waals surface area (Å²) in [6.07, 6.45) is 1.41. The molecule has 0 bridgehead atoms. The van der Waals surface area contributed by atoms with Crippen molar-refractivity contribution < 1.29 is 14.3 Å². The number of carbonyl (C=O) groups excluding carboxylic acids is 2. The summed E-state index contributed by atoms with van der Waals surface area (Å²) in [5, 5.41) is 6.96. The van der Waals surface area contributed by atoms with E-state index in [0.29, 0.717) is 37.8 Å². The molecule has 0 spiro atoms. The van der Waals surface area contributed by atoms with Gasteiger partial charge in [0.1, 0.15) is 11.4 Å². The van der Waals surface area contributed by atoms with E-state index in [9.17, 15) is 9.59 Å². The van der Waals surface area contributed by atoms with Gasteiger partial charge in [-0.2, -0.15) is 4.98 Å². The predicted octanol–water partition coefficient (Wildman–Crippen LogP) is 2.45. The molecule has 4 heterocycles. The van der Waals surface area contributed by atoms with Crippen molar-refractivity contribution in [3.63, 3.8) is 0 Å². The van der Waals surface area contributed by atoms with E-state index in [4.69, 9.17) is 4.74 Å². The van der Waals surface area contributed by atoms with Gasteiger partial charge < -0.3 is 19.9 Å². The molecule has 0 atom stereocenters. The highest BCUT2D eigenvalue weighted by atomic mass is 16.6. The van der Waals surface area contributed by atoms with Crippen LogP contribution >= 0.6 is 0 Å². The van der Waals surface area contributed by atoms with Crippen LogP contribution in [0.4, 0.5) is 16.3 Å². The third kappa shape index (κ3) is 5.18. The number of aromatic nitrogens is 5. The fourth-order valence-corrected chi connectivity index (χ4v) is 3.56. The number of hydrogen-bond donors (Lipinski definition) is 1. The van der Waals surface area contributed by atoms with Crippen LogP contribution in [-0.4, -0.2) is 73.2 Å². The zero-order valence-corrected chi connectivity index (χ0v) is 19.5. The number of fused-ring (bicyclic) bond motifs is 1. The second kappa shape index (κ2) is 8.64. The number of rotatable bonds is 3. The van der Waals surface area contributed by atoms with Crippen molar-refractivity contribution in [2.75, 3.05) is 36.4 Å². The van der Waals surface area contributed by atoms with Crippen molar-refractivity contribution in [3.8, 4) is 0 Å².